The number of carbonyl (C=O) groups is 2. The molecule has 1 saturated heterocycles. The average molecular weight is 300 g/mol. The molecule has 3 atom stereocenters. The van der Waals surface area contributed by atoms with Crippen molar-refractivity contribution in [1.29, 1.82) is 0 Å². The third-order valence-corrected chi connectivity index (χ3v) is 4.03. The van der Waals surface area contributed by atoms with Crippen molar-refractivity contribution < 1.29 is 19.4 Å². The highest BCUT2D eigenvalue weighted by molar-refractivity contribution is 5.78. The number of hydrogen-bond donors (Lipinski definition) is 2. The fourth-order valence-corrected chi connectivity index (χ4v) is 2.96. The molecular weight excluding hydrogens is 272 g/mol. The van der Waals surface area contributed by atoms with E-state index < -0.39 is 5.97 Å². The maximum Gasteiger partial charge on any atom is 0.303 e. The van der Waals surface area contributed by atoms with Crippen LogP contribution in [0.5, 0.6) is 0 Å². The van der Waals surface area contributed by atoms with Crippen molar-refractivity contribution in [2.45, 2.75) is 39.2 Å². The molecule has 1 fully saturated rings. The average Bonchev–Trinajstić information content (AvgIpc) is 2.38. The summed E-state index contributed by atoms with van der Waals surface area (Å²) >= 11 is 0. The molecule has 1 heterocycles. The molecule has 0 aliphatic carbocycles. The second-order valence-electron chi connectivity index (χ2n) is 6.14. The molecule has 2 N–H and O–H groups in total. The van der Waals surface area contributed by atoms with E-state index in [0.29, 0.717) is 19.1 Å². The predicted molar refractivity (Wildman–Crippen MR) is 80.1 cm³/mol. The zero-order valence-electron chi connectivity index (χ0n) is 13.3. The highest BCUT2D eigenvalue weighted by Gasteiger charge is 2.27. The number of likely N-dealkylation sites (tertiary alicyclic amines) is 1. The fourth-order valence-electron chi connectivity index (χ4n) is 2.96. The zero-order chi connectivity index (χ0) is 15.8. The fraction of sp³-hybridized carbons (Fsp3) is 0.867. The van der Waals surface area contributed by atoms with Crippen LogP contribution in [0.4, 0.5) is 0 Å². The van der Waals surface area contributed by atoms with E-state index in [1.54, 1.807) is 7.11 Å². The van der Waals surface area contributed by atoms with E-state index in [1.807, 2.05) is 13.8 Å². The Morgan fingerprint density at radius 3 is 2.76 bits per heavy atom. The van der Waals surface area contributed by atoms with E-state index in [2.05, 4.69) is 10.2 Å². The number of methoxy groups -OCH3 is 1. The molecule has 1 aliphatic rings. The van der Waals surface area contributed by atoms with Gasteiger partial charge in [0.05, 0.1) is 13.2 Å². The summed E-state index contributed by atoms with van der Waals surface area (Å²) in [5.41, 5.74) is 0. The van der Waals surface area contributed by atoms with Gasteiger partial charge in [0.25, 0.3) is 0 Å². The molecule has 0 bridgehead atoms. The van der Waals surface area contributed by atoms with Gasteiger partial charge in [0, 0.05) is 26.1 Å². The lowest BCUT2D eigenvalue weighted by molar-refractivity contribution is -0.138. The number of ether oxygens (including phenoxy) is 1. The first-order chi connectivity index (χ1) is 9.92. The van der Waals surface area contributed by atoms with E-state index in [1.165, 1.54) is 0 Å². The monoisotopic (exact) mass is 300 g/mol. The topological polar surface area (TPSA) is 78.9 Å². The highest BCUT2D eigenvalue weighted by atomic mass is 16.5. The SMILES string of the molecule is COCC(C)NC(=O)CN1CCCC(C(C)CC(=O)O)C1. The Bertz CT molecular complexity index is 349. The number of piperidine rings is 1. The van der Waals surface area contributed by atoms with Gasteiger partial charge in [0.1, 0.15) is 0 Å². The number of carboxylic acids is 1. The predicted octanol–water partition coefficient (Wildman–Crippen LogP) is 0.960. The van der Waals surface area contributed by atoms with Gasteiger partial charge in [-0.3, -0.25) is 14.5 Å². The summed E-state index contributed by atoms with van der Waals surface area (Å²) in [6.45, 7) is 6.50. The third kappa shape index (κ3) is 6.91. The number of carbonyl (C=O) groups excluding carboxylic acids is 1. The second kappa shape index (κ2) is 9.00. The molecule has 0 saturated carbocycles. The third-order valence-electron chi connectivity index (χ3n) is 4.03. The summed E-state index contributed by atoms with van der Waals surface area (Å²) in [5.74, 6) is -0.225. The first-order valence-electron chi connectivity index (χ1n) is 7.64. The van der Waals surface area contributed by atoms with Gasteiger partial charge in [-0.25, -0.2) is 0 Å². The minimum atomic E-state index is -0.745. The molecule has 1 rings (SSSR count). The van der Waals surface area contributed by atoms with Crippen molar-refractivity contribution >= 4 is 11.9 Å². The van der Waals surface area contributed by atoms with Crippen LogP contribution >= 0.6 is 0 Å². The van der Waals surface area contributed by atoms with Crippen LogP contribution in [0.15, 0.2) is 0 Å². The normalized spacial score (nSPS) is 22.5. The van der Waals surface area contributed by atoms with Gasteiger partial charge in [0.15, 0.2) is 0 Å². The van der Waals surface area contributed by atoms with Crippen LogP contribution in [0, 0.1) is 11.8 Å². The smallest absolute Gasteiger partial charge is 0.303 e. The summed E-state index contributed by atoms with van der Waals surface area (Å²) in [6.07, 6.45) is 2.28. The molecule has 0 aromatic rings. The van der Waals surface area contributed by atoms with Crippen LogP contribution in [0.2, 0.25) is 0 Å². The maximum absolute atomic E-state index is 11.9. The van der Waals surface area contributed by atoms with Crippen molar-refractivity contribution in [2.75, 3.05) is 33.4 Å². The molecule has 21 heavy (non-hydrogen) atoms. The number of carboxylic acid groups (broad SMARTS) is 1. The Hall–Kier alpha value is -1.14. The molecule has 0 spiro atoms. The summed E-state index contributed by atoms with van der Waals surface area (Å²) in [7, 11) is 1.61. The van der Waals surface area contributed by atoms with E-state index in [0.717, 1.165) is 25.9 Å². The van der Waals surface area contributed by atoms with Crippen molar-refractivity contribution in [3.05, 3.63) is 0 Å². The second-order valence-corrected chi connectivity index (χ2v) is 6.14. The van der Waals surface area contributed by atoms with Gasteiger partial charge >= 0.3 is 5.97 Å². The number of rotatable bonds is 8. The number of amides is 1. The largest absolute Gasteiger partial charge is 0.481 e. The Morgan fingerprint density at radius 1 is 1.43 bits per heavy atom. The molecule has 3 unspecified atom stereocenters. The quantitative estimate of drug-likeness (QED) is 0.698. The number of aliphatic carboxylic acids is 1. The zero-order valence-corrected chi connectivity index (χ0v) is 13.3. The number of nitrogens with one attached hydrogen (secondary N) is 1. The Balaban J connectivity index is 2.38. The molecule has 0 radical (unpaired) electrons. The minimum absolute atomic E-state index is 0.00564. The summed E-state index contributed by atoms with van der Waals surface area (Å²) in [6, 6.07) is 0.00835. The Labute approximate surface area is 126 Å². The van der Waals surface area contributed by atoms with Crippen molar-refractivity contribution in [3.8, 4) is 0 Å². The first-order valence-corrected chi connectivity index (χ1v) is 7.64. The lowest BCUT2D eigenvalue weighted by atomic mass is 9.84. The minimum Gasteiger partial charge on any atom is -0.481 e. The maximum atomic E-state index is 11.9. The van der Waals surface area contributed by atoms with E-state index in [-0.39, 0.29) is 24.3 Å². The van der Waals surface area contributed by atoms with Gasteiger partial charge in [-0.05, 0) is 38.1 Å². The molecule has 1 aliphatic heterocycles. The van der Waals surface area contributed by atoms with Crippen LogP contribution in [-0.4, -0.2) is 61.3 Å². The van der Waals surface area contributed by atoms with E-state index in [4.69, 9.17) is 9.84 Å². The molecule has 1 amide bonds. The summed E-state index contributed by atoms with van der Waals surface area (Å²) < 4.78 is 5.00. The number of nitrogens with zero attached hydrogens (tertiary/aromatic N) is 1. The molecule has 0 aromatic carbocycles. The Kier molecular flexibility index (Phi) is 7.67. The summed E-state index contributed by atoms with van der Waals surface area (Å²) in [4.78, 5) is 24.9. The van der Waals surface area contributed by atoms with Crippen LogP contribution in [0.25, 0.3) is 0 Å². The van der Waals surface area contributed by atoms with Gasteiger partial charge in [-0.1, -0.05) is 6.92 Å². The van der Waals surface area contributed by atoms with Gasteiger partial charge in [-0.2, -0.15) is 0 Å². The van der Waals surface area contributed by atoms with E-state index in [9.17, 15) is 9.59 Å². The lowest BCUT2D eigenvalue weighted by Crippen LogP contribution is -2.46. The molecule has 6 nitrogen and oxygen atoms in total. The summed E-state index contributed by atoms with van der Waals surface area (Å²) in [5, 5.41) is 11.8. The van der Waals surface area contributed by atoms with Crippen LogP contribution in [-0.2, 0) is 14.3 Å². The van der Waals surface area contributed by atoms with E-state index >= 15 is 0 Å². The van der Waals surface area contributed by atoms with Crippen LogP contribution < -0.4 is 5.32 Å². The van der Waals surface area contributed by atoms with Crippen molar-refractivity contribution in [3.63, 3.8) is 0 Å². The highest BCUT2D eigenvalue weighted by Crippen LogP contribution is 2.25. The van der Waals surface area contributed by atoms with Gasteiger partial charge < -0.3 is 15.2 Å². The Morgan fingerprint density at radius 2 is 2.14 bits per heavy atom. The van der Waals surface area contributed by atoms with Gasteiger partial charge in [0.2, 0.25) is 5.91 Å². The number of hydrogen-bond acceptors (Lipinski definition) is 4. The first kappa shape index (κ1) is 17.9. The van der Waals surface area contributed by atoms with Crippen LogP contribution in [0.1, 0.15) is 33.1 Å². The van der Waals surface area contributed by atoms with Crippen molar-refractivity contribution in [1.82, 2.24) is 10.2 Å². The standard InChI is InChI=1S/C15H28N2O4/c1-11(7-15(19)20)13-5-4-6-17(8-13)9-14(18)16-12(2)10-21-3/h11-13H,4-10H2,1-3H3,(H,16,18)(H,19,20). The lowest BCUT2D eigenvalue weighted by Gasteiger charge is -2.35. The molecule has 6 heteroatoms. The van der Waals surface area contributed by atoms with Crippen molar-refractivity contribution in [2.24, 2.45) is 11.8 Å². The van der Waals surface area contributed by atoms with Gasteiger partial charge in [-0.15, -0.1) is 0 Å². The molecule has 0 aromatic heterocycles. The molecule has 122 valence electrons. The van der Waals surface area contributed by atoms with Crippen LogP contribution in [0.3, 0.4) is 0 Å². The molecular formula is C15H28N2O4.